The fourth-order valence-corrected chi connectivity index (χ4v) is 9.28. The molecule has 0 bridgehead atoms. The predicted molar refractivity (Wildman–Crippen MR) is 225 cm³/mol. The Morgan fingerprint density at radius 2 is 1.68 bits per heavy atom. The number of hydrogen-bond acceptors (Lipinski definition) is 8. The molecule has 3 aliphatic rings. The normalized spacial score (nSPS) is 16.8. The van der Waals surface area contributed by atoms with Crippen LogP contribution < -0.4 is 14.4 Å². The highest BCUT2D eigenvalue weighted by atomic mass is 32.2. The first-order valence-electron chi connectivity index (χ1n) is 19.5. The first-order chi connectivity index (χ1) is 27.4. The van der Waals surface area contributed by atoms with Crippen LogP contribution in [0.1, 0.15) is 79.8 Å². The number of aromatic nitrogens is 2. The van der Waals surface area contributed by atoms with E-state index in [2.05, 4.69) is 62.6 Å². The Morgan fingerprint density at radius 1 is 0.965 bits per heavy atom. The molecule has 4 heterocycles. The highest BCUT2D eigenvalue weighted by Gasteiger charge is 2.48. The molecule has 8 rings (SSSR count). The SMILES string of the molecule is CC(C)c1ccccc1.CO.Cc1ccc(SNC(=O)c2ccc(N3CCC4(CC3)CC(N3CCCC3)C4)cc2Oc2cnc3[nH]ccc3c2)cc1SC(F)(F)F. The predicted octanol–water partition coefficient (Wildman–Crippen LogP) is 11.0. The van der Waals surface area contributed by atoms with Gasteiger partial charge >= 0.3 is 5.51 Å². The number of pyridine rings is 1. The van der Waals surface area contributed by atoms with Crippen molar-refractivity contribution in [2.24, 2.45) is 5.41 Å². The van der Waals surface area contributed by atoms with Crippen LogP contribution in [-0.2, 0) is 0 Å². The largest absolute Gasteiger partial charge is 0.455 e. The summed E-state index contributed by atoms with van der Waals surface area (Å²) in [5.74, 6) is 1.14. The molecular formula is C44H52F3N5O3S2. The number of aliphatic hydroxyl groups excluding tert-OH is 1. The van der Waals surface area contributed by atoms with E-state index in [-0.39, 0.29) is 16.7 Å². The number of piperidine rings is 1. The zero-order valence-corrected chi connectivity index (χ0v) is 34.6. The number of anilines is 1. The van der Waals surface area contributed by atoms with E-state index < -0.39 is 11.4 Å². The van der Waals surface area contributed by atoms with Crippen molar-refractivity contribution >= 4 is 46.3 Å². The fraction of sp³-hybridized carbons (Fsp3) is 0.409. The standard InChI is InChI=1S/C34H36F3N5O2S2.C9H12.CH4O/c1-22-4-6-27(18-30(22)45-34(35,36)37)46-40-32(43)28-7-5-24(17-29(28)44-26-16-23-8-11-38-31(23)39-21-26)42-14-9-33(10-15-42)19-25(20-33)41-12-2-3-13-41;1-8(2)9-6-4-3-5-7-9;1-2/h4-8,11,16-18,21,25H,2-3,9-10,12-15,19-20H2,1H3,(H,38,39)(H,40,43);3-8H,1-2H3;2H,1H3. The molecule has 3 aromatic carbocycles. The molecular weight excluding hydrogens is 768 g/mol. The summed E-state index contributed by atoms with van der Waals surface area (Å²) in [6.45, 7) is 10.5. The van der Waals surface area contributed by atoms with Crippen molar-refractivity contribution in [3.8, 4) is 11.5 Å². The molecule has 0 radical (unpaired) electrons. The number of aromatic amines is 1. The van der Waals surface area contributed by atoms with Crippen LogP contribution in [0, 0.1) is 12.3 Å². The number of hydrogen-bond donors (Lipinski definition) is 3. The maximum absolute atomic E-state index is 13.5. The molecule has 1 saturated carbocycles. The first-order valence-corrected chi connectivity index (χ1v) is 21.1. The molecule has 0 unspecified atom stereocenters. The fourth-order valence-electron chi connectivity index (χ4n) is 7.91. The van der Waals surface area contributed by atoms with E-state index in [0.717, 1.165) is 67.8 Å². The number of benzene rings is 3. The van der Waals surface area contributed by atoms with Gasteiger partial charge in [0.2, 0.25) is 0 Å². The number of rotatable bonds is 9. The van der Waals surface area contributed by atoms with E-state index in [9.17, 15) is 18.0 Å². The van der Waals surface area contributed by atoms with Gasteiger partial charge < -0.3 is 24.6 Å². The van der Waals surface area contributed by atoms with Crippen LogP contribution in [0.5, 0.6) is 11.5 Å². The van der Waals surface area contributed by atoms with Crippen molar-refractivity contribution in [3.63, 3.8) is 0 Å². The maximum atomic E-state index is 13.5. The number of likely N-dealkylation sites (tertiary alicyclic amines) is 1. The van der Waals surface area contributed by atoms with E-state index in [1.54, 1.807) is 37.5 Å². The van der Waals surface area contributed by atoms with Crippen LogP contribution in [0.15, 0.2) is 101 Å². The number of aryl methyl sites for hydroxylation is 1. The lowest BCUT2D eigenvalue weighted by atomic mass is 9.60. The third-order valence-corrected chi connectivity index (χ3v) is 12.8. The Hall–Kier alpha value is -4.17. The molecule has 1 aliphatic carbocycles. The second-order valence-corrected chi connectivity index (χ2v) is 17.2. The summed E-state index contributed by atoms with van der Waals surface area (Å²) in [5, 5.41) is 7.89. The molecule has 0 atom stereocenters. The van der Waals surface area contributed by atoms with Crippen molar-refractivity contribution in [1.82, 2.24) is 19.6 Å². The highest BCUT2D eigenvalue weighted by molar-refractivity contribution is 8.00. The van der Waals surface area contributed by atoms with Gasteiger partial charge in [0.1, 0.15) is 17.1 Å². The lowest BCUT2D eigenvalue weighted by Crippen LogP contribution is -2.54. The third kappa shape index (κ3) is 11.1. The number of fused-ring (bicyclic) bond motifs is 1. The lowest BCUT2D eigenvalue weighted by molar-refractivity contribution is -0.0328. The van der Waals surface area contributed by atoms with Gasteiger partial charge in [0, 0.05) is 59.4 Å². The van der Waals surface area contributed by atoms with E-state index in [1.165, 1.54) is 50.4 Å². The van der Waals surface area contributed by atoms with Crippen molar-refractivity contribution in [3.05, 3.63) is 108 Å². The van der Waals surface area contributed by atoms with Gasteiger partial charge in [0.25, 0.3) is 5.91 Å². The van der Waals surface area contributed by atoms with Crippen molar-refractivity contribution in [2.45, 2.75) is 86.6 Å². The summed E-state index contributed by atoms with van der Waals surface area (Å²) < 4.78 is 48.2. The summed E-state index contributed by atoms with van der Waals surface area (Å²) in [6.07, 6.45) is 11.0. The molecule has 2 aromatic heterocycles. The Morgan fingerprint density at radius 3 is 2.35 bits per heavy atom. The first kappa shape index (κ1) is 42.4. The molecule has 13 heteroatoms. The molecule has 1 spiro atoms. The number of aliphatic hydroxyl groups is 1. The lowest BCUT2D eigenvalue weighted by Gasteiger charge is -2.55. The minimum atomic E-state index is -4.40. The number of amides is 1. The minimum Gasteiger partial charge on any atom is -0.455 e. The smallest absolute Gasteiger partial charge is 0.446 e. The summed E-state index contributed by atoms with van der Waals surface area (Å²) in [7, 11) is 1.00. The Bertz CT molecular complexity index is 2070. The zero-order chi connectivity index (χ0) is 40.6. The van der Waals surface area contributed by atoms with Crippen LogP contribution in [0.4, 0.5) is 18.9 Å². The summed E-state index contributed by atoms with van der Waals surface area (Å²) >= 11 is 0.816. The maximum Gasteiger partial charge on any atom is 0.446 e. The van der Waals surface area contributed by atoms with Crippen LogP contribution in [0.2, 0.25) is 0 Å². The topological polar surface area (TPSA) is 93.7 Å². The Balaban J connectivity index is 0.000000437. The van der Waals surface area contributed by atoms with Gasteiger partial charge in [0.05, 0.1) is 11.8 Å². The molecule has 57 heavy (non-hydrogen) atoms. The number of carbonyl (C=O) groups excluding carboxylic acids is 1. The molecule has 3 fully saturated rings. The van der Waals surface area contributed by atoms with Crippen LogP contribution in [0.3, 0.4) is 0 Å². The van der Waals surface area contributed by atoms with Gasteiger partial charge in [-0.2, -0.15) is 13.2 Å². The highest BCUT2D eigenvalue weighted by Crippen LogP contribution is 2.52. The van der Waals surface area contributed by atoms with E-state index in [0.29, 0.717) is 38.9 Å². The van der Waals surface area contributed by atoms with Crippen molar-refractivity contribution in [1.29, 1.82) is 0 Å². The minimum absolute atomic E-state index is 0.101. The van der Waals surface area contributed by atoms with E-state index in [1.807, 2.05) is 30.3 Å². The van der Waals surface area contributed by atoms with Crippen LogP contribution >= 0.6 is 23.7 Å². The number of alkyl halides is 3. The average molecular weight is 820 g/mol. The van der Waals surface area contributed by atoms with Crippen molar-refractivity contribution in [2.75, 3.05) is 38.2 Å². The number of H-pyrrole nitrogens is 1. The molecule has 8 nitrogen and oxygen atoms in total. The number of halogens is 3. The van der Waals surface area contributed by atoms with Crippen LogP contribution in [-0.4, -0.2) is 70.7 Å². The molecule has 304 valence electrons. The average Bonchev–Trinajstić information content (AvgIpc) is 3.91. The third-order valence-electron chi connectivity index (χ3n) is 11.1. The summed E-state index contributed by atoms with van der Waals surface area (Å²) in [6, 6.07) is 25.4. The number of nitrogens with one attached hydrogen (secondary N) is 2. The van der Waals surface area contributed by atoms with Gasteiger partial charge in [-0.3, -0.25) is 9.52 Å². The van der Waals surface area contributed by atoms with Gasteiger partial charge in [-0.05, 0) is 141 Å². The zero-order valence-electron chi connectivity index (χ0n) is 32.9. The van der Waals surface area contributed by atoms with Gasteiger partial charge in [-0.25, -0.2) is 4.98 Å². The van der Waals surface area contributed by atoms with E-state index in [4.69, 9.17) is 9.84 Å². The Labute approximate surface area is 342 Å². The molecule has 2 saturated heterocycles. The summed E-state index contributed by atoms with van der Waals surface area (Å²) in [5.41, 5.74) is 0.0401. The second-order valence-electron chi connectivity index (χ2n) is 15.2. The van der Waals surface area contributed by atoms with Gasteiger partial charge in [-0.1, -0.05) is 50.2 Å². The van der Waals surface area contributed by atoms with Crippen LogP contribution in [0.25, 0.3) is 11.0 Å². The summed E-state index contributed by atoms with van der Waals surface area (Å²) in [4.78, 5) is 26.7. The quantitative estimate of drug-likeness (QED) is 0.100. The van der Waals surface area contributed by atoms with Crippen molar-refractivity contribution < 1.29 is 27.8 Å². The molecule has 1 amide bonds. The monoisotopic (exact) mass is 819 g/mol. The molecule has 5 aromatic rings. The van der Waals surface area contributed by atoms with Gasteiger partial charge in [0.15, 0.2) is 0 Å². The molecule has 2 aliphatic heterocycles. The second kappa shape index (κ2) is 19.1. The number of nitrogens with zero attached hydrogens (tertiary/aromatic N) is 3. The number of thioether (sulfide) groups is 1. The number of ether oxygens (including phenoxy) is 1. The Kier molecular flexibility index (Phi) is 14.2. The number of carbonyl (C=O) groups is 1. The molecule has 3 N–H and O–H groups in total. The van der Waals surface area contributed by atoms with Gasteiger partial charge in [-0.15, -0.1) is 0 Å². The van der Waals surface area contributed by atoms with E-state index >= 15 is 0 Å².